The van der Waals surface area contributed by atoms with Gasteiger partial charge in [-0.25, -0.2) is 0 Å². The van der Waals surface area contributed by atoms with Crippen molar-refractivity contribution in [3.05, 3.63) is 107 Å². The van der Waals surface area contributed by atoms with Crippen molar-refractivity contribution in [3.63, 3.8) is 0 Å². The second-order valence-corrected chi connectivity index (χ2v) is 11.1. The van der Waals surface area contributed by atoms with Crippen molar-refractivity contribution in [1.29, 1.82) is 0 Å². The van der Waals surface area contributed by atoms with Crippen LogP contribution in [0.4, 0.5) is 0 Å². The van der Waals surface area contributed by atoms with Crippen LogP contribution in [0.2, 0.25) is 0 Å². The molecule has 4 aromatic rings. The molecule has 0 aromatic heterocycles. The van der Waals surface area contributed by atoms with Crippen LogP contribution >= 0.6 is 0 Å². The normalized spacial score (nSPS) is 26.0. The first-order valence-electron chi connectivity index (χ1n) is 14.2. The summed E-state index contributed by atoms with van der Waals surface area (Å²) in [6.45, 7) is -0.621. The van der Waals surface area contributed by atoms with Crippen molar-refractivity contribution < 1.29 is 55.1 Å². The molecule has 7 atom stereocenters. The van der Waals surface area contributed by atoms with Gasteiger partial charge in [-0.05, 0) is 70.8 Å². The van der Waals surface area contributed by atoms with Crippen LogP contribution in [-0.4, -0.2) is 78.2 Å². The van der Waals surface area contributed by atoms with Gasteiger partial charge in [-0.15, -0.1) is 0 Å². The Hall–Kier alpha value is -4.78. The predicted molar refractivity (Wildman–Crippen MR) is 161 cm³/mol. The van der Waals surface area contributed by atoms with E-state index in [0.29, 0.717) is 16.9 Å². The number of benzene rings is 4. The van der Waals surface area contributed by atoms with E-state index in [1.54, 1.807) is 42.5 Å². The number of rotatable bonds is 7. The molecule has 6 rings (SSSR count). The molecule has 4 aromatic carbocycles. The summed E-state index contributed by atoms with van der Waals surface area (Å²) in [5, 5.41) is 80.7. The lowest BCUT2D eigenvalue weighted by molar-refractivity contribution is -0.277. The molecule has 8 N–H and O–H groups in total. The summed E-state index contributed by atoms with van der Waals surface area (Å²) in [4.78, 5) is 0. The Bertz CT molecular complexity index is 1680. The monoisotopic (exact) mass is 616 g/mol. The highest BCUT2D eigenvalue weighted by molar-refractivity contribution is 5.72. The molecule has 45 heavy (non-hydrogen) atoms. The van der Waals surface area contributed by atoms with Crippen LogP contribution in [0.3, 0.4) is 0 Å². The van der Waals surface area contributed by atoms with E-state index in [4.69, 9.17) is 14.2 Å². The van der Waals surface area contributed by atoms with Crippen molar-refractivity contribution in [2.45, 2.75) is 42.7 Å². The van der Waals surface area contributed by atoms with E-state index in [9.17, 15) is 40.9 Å². The molecule has 0 unspecified atom stereocenters. The summed E-state index contributed by atoms with van der Waals surface area (Å²) < 4.78 is 17.7. The number of hydrogen-bond acceptors (Lipinski definition) is 11. The largest absolute Gasteiger partial charge is 0.508 e. The van der Waals surface area contributed by atoms with E-state index >= 15 is 0 Å². The molecule has 0 amide bonds. The maximum atomic E-state index is 10.8. The molecule has 11 heteroatoms. The van der Waals surface area contributed by atoms with Crippen molar-refractivity contribution in [2.24, 2.45) is 0 Å². The van der Waals surface area contributed by atoms with Gasteiger partial charge in [-0.1, -0.05) is 30.4 Å². The van der Waals surface area contributed by atoms with E-state index in [2.05, 4.69) is 0 Å². The average Bonchev–Trinajstić information content (AvgIpc) is 3.39. The number of phenolic OH excluding ortho intramolecular Hbond substituents is 4. The Labute approximate surface area is 257 Å². The first-order chi connectivity index (χ1) is 21.6. The number of aliphatic hydroxyl groups excluding tert-OH is 4. The zero-order valence-corrected chi connectivity index (χ0v) is 23.7. The van der Waals surface area contributed by atoms with Gasteiger partial charge in [0.05, 0.1) is 12.5 Å². The number of ether oxygens (including phenoxy) is 3. The zero-order valence-electron chi connectivity index (χ0n) is 23.7. The minimum Gasteiger partial charge on any atom is -0.508 e. The third kappa shape index (κ3) is 6.25. The van der Waals surface area contributed by atoms with Crippen LogP contribution in [0, 0.1) is 0 Å². The Kier molecular flexibility index (Phi) is 8.28. The number of aromatic hydroxyl groups is 4. The number of hydrogen-bond donors (Lipinski definition) is 8. The maximum Gasteiger partial charge on any atom is 0.229 e. The number of fused-ring (bicyclic) bond motifs is 1. The molecule has 0 bridgehead atoms. The topological polar surface area (TPSA) is 190 Å². The molecule has 2 aliphatic rings. The van der Waals surface area contributed by atoms with Gasteiger partial charge in [-0.2, -0.15) is 0 Å². The SMILES string of the molecule is OC[C@@H]1O[C@@H](Oc2cc(O)cc([C@H]3c4cc(/C=C\c5cc(O)cc(O)c5)ccc4O[C@@H]3c3ccc(O)cc3)c2)[C@@H](O)[C@@H](O)[C@@H]1O. The van der Waals surface area contributed by atoms with Gasteiger partial charge in [0.25, 0.3) is 0 Å². The molecular weight excluding hydrogens is 584 g/mol. The highest BCUT2D eigenvalue weighted by Gasteiger charge is 2.45. The molecule has 2 heterocycles. The minimum atomic E-state index is -1.64. The van der Waals surface area contributed by atoms with Gasteiger partial charge in [-0.3, -0.25) is 0 Å². The lowest BCUT2D eigenvalue weighted by Gasteiger charge is -2.39. The molecule has 0 spiro atoms. The van der Waals surface area contributed by atoms with Crippen LogP contribution in [0.1, 0.15) is 39.8 Å². The third-order valence-electron chi connectivity index (χ3n) is 7.91. The molecule has 0 aliphatic carbocycles. The van der Waals surface area contributed by atoms with E-state index in [-0.39, 0.29) is 28.7 Å². The second-order valence-electron chi connectivity index (χ2n) is 11.1. The Morgan fingerprint density at radius 3 is 2.04 bits per heavy atom. The van der Waals surface area contributed by atoms with Gasteiger partial charge in [0.15, 0.2) is 0 Å². The maximum absolute atomic E-state index is 10.8. The molecule has 1 saturated heterocycles. The molecule has 0 radical (unpaired) electrons. The van der Waals surface area contributed by atoms with Gasteiger partial charge >= 0.3 is 0 Å². The van der Waals surface area contributed by atoms with Gasteiger partial charge < -0.3 is 55.1 Å². The van der Waals surface area contributed by atoms with Crippen molar-refractivity contribution in [3.8, 4) is 34.5 Å². The smallest absolute Gasteiger partial charge is 0.229 e. The van der Waals surface area contributed by atoms with Crippen molar-refractivity contribution in [1.82, 2.24) is 0 Å². The Morgan fingerprint density at radius 1 is 0.644 bits per heavy atom. The third-order valence-corrected chi connectivity index (χ3v) is 7.91. The van der Waals surface area contributed by atoms with E-state index in [1.165, 1.54) is 24.3 Å². The second kappa shape index (κ2) is 12.3. The first-order valence-corrected chi connectivity index (χ1v) is 14.2. The van der Waals surface area contributed by atoms with Gasteiger partial charge in [0, 0.05) is 17.7 Å². The fraction of sp³-hybridized carbons (Fsp3) is 0.235. The quantitative estimate of drug-likeness (QED) is 0.142. The first kappa shape index (κ1) is 30.3. The standard InChI is InChI=1S/C34H32O11/c35-16-28-30(40)31(41)32(42)34(45-28)43-25-13-20(12-24(39)15-25)29-26-11-17(1-2-18-9-22(37)14-23(38)10-18)3-8-27(26)44-33(29)19-4-6-21(36)7-5-19/h1-15,28-42H,16H2/b2-1-/t28-,29-,30+,31-,32-,33+,34+/m0/s1. The summed E-state index contributed by atoms with van der Waals surface area (Å²) in [6, 6.07) is 20.9. The molecule has 2 aliphatic heterocycles. The summed E-state index contributed by atoms with van der Waals surface area (Å²) in [7, 11) is 0. The molecule has 1 fully saturated rings. The van der Waals surface area contributed by atoms with Crippen molar-refractivity contribution >= 4 is 12.2 Å². The van der Waals surface area contributed by atoms with E-state index < -0.39 is 49.3 Å². The van der Waals surface area contributed by atoms with Crippen molar-refractivity contribution in [2.75, 3.05) is 6.61 Å². The highest BCUT2D eigenvalue weighted by Crippen LogP contribution is 2.51. The average molecular weight is 617 g/mol. The van der Waals surface area contributed by atoms with Crippen LogP contribution in [0.15, 0.2) is 78.9 Å². The fourth-order valence-corrected chi connectivity index (χ4v) is 5.73. The van der Waals surface area contributed by atoms with Gasteiger partial charge in [0.1, 0.15) is 65.0 Å². The molecule has 11 nitrogen and oxygen atoms in total. The summed E-state index contributed by atoms with van der Waals surface area (Å²) in [6.07, 6.45) is -4.48. The zero-order chi connectivity index (χ0) is 31.8. The van der Waals surface area contributed by atoms with Crippen LogP contribution in [0.5, 0.6) is 34.5 Å². The molecule has 0 saturated carbocycles. The Morgan fingerprint density at radius 2 is 1.33 bits per heavy atom. The van der Waals surface area contributed by atoms with E-state index in [0.717, 1.165) is 16.7 Å². The summed E-state index contributed by atoms with van der Waals surface area (Å²) >= 11 is 0. The number of aliphatic hydroxyl groups is 4. The molecular formula is C34H32O11. The lowest BCUT2D eigenvalue weighted by atomic mass is 9.84. The highest BCUT2D eigenvalue weighted by atomic mass is 16.7. The molecule has 234 valence electrons. The number of phenols is 4. The minimum absolute atomic E-state index is 0.0700. The van der Waals surface area contributed by atoms with Crippen LogP contribution in [0.25, 0.3) is 12.2 Å². The van der Waals surface area contributed by atoms with E-state index in [1.807, 2.05) is 24.3 Å². The van der Waals surface area contributed by atoms with Crippen LogP contribution < -0.4 is 9.47 Å². The summed E-state index contributed by atoms with van der Waals surface area (Å²) in [5.74, 6) is -0.0312. The predicted octanol–water partition coefficient (Wildman–Crippen LogP) is 3.12. The summed E-state index contributed by atoms with van der Waals surface area (Å²) in [5.41, 5.74) is 3.48. The lowest BCUT2D eigenvalue weighted by Crippen LogP contribution is -2.60. The van der Waals surface area contributed by atoms with Crippen LogP contribution in [-0.2, 0) is 4.74 Å². The Balaban J connectivity index is 1.37. The van der Waals surface area contributed by atoms with Gasteiger partial charge in [0.2, 0.25) is 6.29 Å². The fourth-order valence-electron chi connectivity index (χ4n) is 5.73.